The van der Waals surface area contributed by atoms with Crippen LogP contribution in [0.2, 0.25) is 0 Å². The van der Waals surface area contributed by atoms with Crippen molar-refractivity contribution in [3.8, 4) is 16.9 Å². The van der Waals surface area contributed by atoms with Gasteiger partial charge in [0.25, 0.3) is 0 Å². The summed E-state index contributed by atoms with van der Waals surface area (Å²) in [6.07, 6.45) is 0.842. The molecule has 0 spiro atoms. The van der Waals surface area contributed by atoms with Crippen molar-refractivity contribution in [2.45, 2.75) is 13.3 Å². The summed E-state index contributed by atoms with van der Waals surface area (Å²) in [4.78, 5) is 11.1. The minimum atomic E-state index is -0.269. The van der Waals surface area contributed by atoms with Gasteiger partial charge >= 0.3 is 5.97 Å². The predicted molar refractivity (Wildman–Crippen MR) is 66.0 cm³/mol. The molecule has 0 fully saturated rings. The van der Waals surface area contributed by atoms with Crippen molar-refractivity contribution in [3.63, 3.8) is 0 Å². The summed E-state index contributed by atoms with van der Waals surface area (Å²) in [6, 6.07) is 14.2. The van der Waals surface area contributed by atoms with Gasteiger partial charge < -0.3 is 4.74 Å². The Balaban J connectivity index is 2.14. The van der Waals surface area contributed by atoms with Gasteiger partial charge in [0.15, 0.2) is 0 Å². The van der Waals surface area contributed by atoms with Gasteiger partial charge in [-0.25, -0.2) is 0 Å². The van der Waals surface area contributed by atoms with Crippen molar-refractivity contribution in [2.75, 3.05) is 0 Å². The number of carbonyl (C=O) groups excluding carboxylic acids is 1. The topological polar surface area (TPSA) is 26.3 Å². The van der Waals surface area contributed by atoms with E-state index in [1.165, 1.54) is 23.6 Å². The standard InChI is InChI=1S/C15H12O2/c1-10(16)17-15-8-4-7-13-12-6-3-2-5-11(12)9-14(13)15/h2-8H,9H2,1H3. The Kier molecular flexibility index (Phi) is 2.22. The van der Waals surface area contributed by atoms with E-state index in [2.05, 4.69) is 18.2 Å². The van der Waals surface area contributed by atoms with E-state index in [0.29, 0.717) is 5.75 Å². The lowest BCUT2D eigenvalue weighted by Crippen LogP contribution is -2.03. The minimum absolute atomic E-state index is 0.269. The first-order valence-electron chi connectivity index (χ1n) is 5.64. The molecule has 0 atom stereocenters. The van der Waals surface area contributed by atoms with Gasteiger partial charge in [-0.15, -0.1) is 0 Å². The molecule has 0 radical (unpaired) electrons. The fourth-order valence-corrected chi connectivity index (χ4v) is 2.38. The first-order chi connectivity index (χ1) is 8.25. The van der Waals surface area contributed by atoms with E-state index in [-0.39, 0.29) is 5.97 Å². The van der Waals surface area contributed by atoms with Gasteiger partial charge in [0.1, 0.15) is 5.75 Å². The van der Waals surface area contributed by atoms with Crippen LogP contribution in [-0.2, 0) is 11.2 Å². The molecule has 2 heteroatoms. The molecule has 84 valence electrons. The fourth-order valence-electron chi connectivity index (χ4n) is 2.38. The maximum atomic E-state index is 11.1. The van der Waals surface area contributed by atoms with Gasteiger partial charge in [0.2, 0.25) is 0 Å². The Morgan fingerprint density at radius 1 is 1.06 bits per heavy atom. The molecule has 1 aliphatic rings. The normalized spacial score (nSPS) is 11.8. The fraction of sp³-hybridized carbons (Fsp3) is 0.133. The van der Waals surface area contributed by atoms with Crippen LogP contribution in [0.3, 0.4) is 0 Å². The molecule has 0 bridgehead atoms. The van der Waals surface area contributed by atoms with E-state index in [4.69, 9.17) is 4.74 Å². The number of rotatable bonds is 1. The molecule has 0 unspecified atom stereocenters. The van der Waals surface area contributed by atoms with Crippen LogP contribution in [0, 0.1) is 0 Å². The van der Waals surface area contributed by atoms with Gasteiger partial charge in [0.05, 0.1) is 0 Å². The van der Waals surface area contributed by atoms with Crippen LogP contribution in [0.1, 0.15) is 18.1 Å². The van der Waals surface area contributed by atoms with Gasteiger partial charge in [-0.05, 0) is 22.8 Å². The molecule has 0 amide bonds. The van der Waals surface area contributed by atoms with Crippen LogP contribution < -0.4 is 4.74 Å². The van der Waals surface area contributed by atoms with Crippen LogP contribution in [0.25, 0.3) is 11.1 Å². The van der Waals surface area contributed by atoms with Crippen molar-refractivity contribution < 1.29 is 9.53 Å². The molecule has 17 heavy (non-hydrogen) atoms. The second kappa shape index (κ2) is 3.74. The molecule has 2 nitrogen and oxygen atoms in total. The number of esters is 1. The molecular formula is C15H12O2. The van der Waals surface area contributed by atoms with E-state index < -0.39 is 0 Å². The van der Waals surface area contributed by atoms with Gasteiger partial charge in [-0.3, -0.25) is 4.79 Å². The molecule has 2 aromatic carbocycles. The molecule has 0 aromatic heterocycles. The average molecular weight is 224 g/mol. The third-order valence-electron chi connectivity index (χ3n) is 3.06. The zero-order valence-electron chi connectivity index (χ0n) is 9.57. The van der Waals surface area contributed by atoms with E-state index in [9.17, 15) is 4.79 Å². The second-order valence-electron chi connectivity index (χ2n) is 4.21. The smallest absolute Gasteiger partial charge is 0.308 e. The summed E-state index contributed by atoms with van der Waals surface area (Å²) < 4.78 is 5.25. The average Bonchev–Trinajstić information content (AvgIpc) is 2.68. The molecule has 1 aliphatic carbocycles. The summed E-state index contributed by atoms with van der Waals surface area (Å²) in [5.41, 5.74) is 4.84. The number of fused-ring (bicyclic) bond motifs is 3. The second-order valence-corrected chi connectivity index (χ2v) is 4.21. The van der Waals surface area contributed by atoms with Crippen LogP contribution in [0.4, 0.5) is 0 Å². The molecule has 0 aliphatic heterocycles. The number of hydrogen-bond acceptors (Lipinski definition) is 2. The highest BCUT2D eigenvalue weighted by molar-refractivity contribution is 5.80. The largest absolute Gasteiger partial charge is 0.426 e. The zero-order chi connectivity index (χ0) is 11.8. The van der Waals surface area contributed by atoms with Crippen molar-refractivity contribution in [1.82, 2.24) is 0 Å². The van der Waals surface area contributed by atoms with Crippen LogP contribution in [0.5, 0.6) is 5.75 Å². The number of ether oxygens (including phenoxy) is 1. The summed E-state index contributed by atoms with van der Waals surface area (Å²) in [7, 11) is 0. The van der Waals surface area contributed by atoms with Crippen molar-refractivity contribution >= 4 is 5.97 Å². The SMILES string of the molecule is CC(=O)Oc1cccc2c1Cc1ccccc1-2. The molecule has 0 saturated carbocycles. The molecule has 3 rings (SSSR count). The van der Waals surface area contributed by atoms with E-state index in [0.717, 1.165) is 12.0 Å². The van der Waals surface area contributed by atoms with Crippen molar-refractivity contribution in [3.05, 3.63) is 53.6 Å². The van der Waals surface area contributed by atoms with E-state index in [1.807, 2.05) is 24.3 Å². The Morgan fingerprint density at radius 3 is 2.65 bits per heavy atom. The maximum absolute atomic E-state index is 11.1. The zero-order valence-corrected chi connectivity index (χ0v) is 9.57. The van der Waals surface area contributed by atoms with Gasteiger partial charge in [0, 0.05) is 18.9 Å². The lowest BCUT2D eigenvalue weighted by molar-refractivity contribution is -0.131. The van der Waals surface area contributed by atoms with Crippen molar-refractivity contribution in [1.29, 1.82) is 0 Å². The summed E-state index contributed by atoms with van der Waals surface area (Å²) in [6.45, 7) is 1.43. The predicted octanol–water partition coefficient (Wildman–Crippen LogP) is 3.18. The Hall–Kier alpha value is -2.09. The lowest BCUT2D eigenvalue weighted by atomic mass is 10.1. The first-order valence-corrected chi connectivity index (χ1v) is 5.64. The lowest BCUT2D eigenvalue weighted by Gasteiger charge is -2.07. The minimum Gasteiger partial charge on any atom is -0.426 e. The molecular weight excluding hydrogens is 212 g/mol. The molecule has 0 heterocycles. The molecule has 0 N–H and O–H groups in total. The third kappa shape index (κ3) is 1.62. The summed E-state index contributed by atoms with van der Waals surface area (Å²) >= 11 is 0. The Labute approximate surface area is 99.9 Å². The first kappa shape index (κ1) is 10.1. The summed E-state index contributed by atoms with van der Waals surface area (Å²) in [5, 5.41) is 0. The number of hydrogen-bond donors (Lipinski definition) is 0. The Morgan fingerprint density at radius 2 is 1.82 bits per heavy atom. The van der Waals surface area contributed by atoms with Crippen LogP contribution >= 0.6 is 0 Å². The number of carbonyl (C=O) groups is 1. The third-order valence-corrected chi connectivity index (χ3v) is 3.06. The monoisotopic (exact) mass is 224 g/mol. The quantitative estimate of drug-likeness (QED) is 0.468. The van der Waals surface area contributed by atoms with Crippen molar-refractivity contribution in [2.24, 2.45) is 0 Å². The van der Waals surface area contributed by atoms with Gasteiger partial charge in [-0.2, -0.15) is 0 Å². The Bertz CT molecular complexity index is 600. The molecule has 0 saturated heterocycles. The highest BCUT2D eigenvalue weighted by Crippen LogP contribution is 2.40. The van der Waals surface area contributed by atoms with E-state index >= 15 is 0 Å². The maximum Gasteiger partial charge on any atom is 0.308 e. The highest BCUT2D eigenvalue weighted by atomic mass is 16.5. The van der Waals surface area contributed by atoms with Crippen LogP contribution in [-0.4, -0.2) is 5.97 Å². The number of benzene rings is 2. The molecule has 2 aromatic rings. The highest BCUT2D eigenvalue weighted by Gasteiger charge is 2.21. The van der Waals surface area contributed by atoms with Crippen LogP contribution in [0.15, 0.2) is 42.5 Å². The van der Waals surface area contributed by atoms with Gasteiger partial charge in [-0.1, -0.05) is 36.4 Å². The summed E-state index contributed by atoms with van der Waals surface area (Å²) in [5.74, 6) is 0.417. The van der Waals surface area contributed by atoms with E-state index in [1.54, 1.807) is 0 Å².